The molecule has 0 unspecified atom stereocenters. The lowest BCUT2D eigenvalue weighted by Crippen LogP contribution is -2.40. The van der Waals surface area contributed by atoms with Gasteiger partial charge in [-0.05, 0) is 62.1 Å². The van der Waals surface area contributed by atoms with E-state index in [1.165, 1.54) is 12.1 Å². The molecule has 158 valence electrons. The van der Waals surface area contributed by atoms with E-state index in [-0.39, 0.29) is 22.8 Å². The molecule has 0 heterocycles. The number of benzene rings is 2. The highest BCUT2D eigenvalue weighted by Crippen LogP contribution is 2.30. The number of rotatable bonds is 6. The molecule has 0 aliphatic carbocycles. The van der Waals surface area contributed by atoms with Gasteiger partial charge >= 0.3 is 0 Å². The molecule has 1 amide bonds. The zero-order valence-electron chi connectivity index (χ0n) is 17.9. The number of para-hydroxylation sites is 1. The zero-order valence-corrected chi connectivity index (χ0v) is 18.7. The normalized spacial score (nSPS) is 12.5. The summed E-state index contributed by atoms with van der Waals surface area (Å²) in [7, 11) is -3.62. The van der Waals surface area contributed by atoms with Gasteiger partial charge in [0, 0.05) is 11.2 Å². The first-order valence-corrected chi connectivity index (χ1v) is 10.9. The van der Waals surface area contributed by atoms with Crippen LogP contribution in [0.2, 0.25) is 0 Å². The highest BCUT2D eigenvalue weighted by molar-refractivity contribution is 7.89. The minimum absolute atomic E-state index is 0.102. The van der Waals surface area contributed by atoms with E-state index >= 15 is 0 Å². The van der Waals surface area contributed by atoms with Crippen molar-refractivity contribution in [3.8, 4) is 5.75 Å². The van der Waals surface area contributed by atoms with Crippen LogP contribution in [-0.2, 0) is 20.2 Å². The molecule has 2 aromatic carbocycles. The maximum absolute atomic E-state index is 12.3. The molecule has 7 heteroatoms. The molecular weight excluding hydrogens is 388 g/mol. The molecule has 29 heavy (non-hydrogen) atoms. The lowest BCUT2D eigenvalue weighted by Gasteiger charge is -2.22. The minimum Gasteiger partial charge on any atom is -0.483 e. The quantitative estimate of drug-likeness (QED) is 0.740. The zero-order chi connectivity index (χ0) is 21.9. The van der Waals surface area contributed by atoms with E-state index in [1.807, 2.05) is 24.3 Å². The van der Waals surface area contributed by atoms with Gasteiger partial charge in [0.15, 0.2) is 6.61 Å². The maximum Gasteiger partial charge on any atom is 0.262 e. The molecule has 0 saturated heterocycles. The summed E-state index contributed by atoms with van der Waals surface area (Å²) in [5.41, 5.74) is 0.841. The van der Waals surface area contributed by atoms with Gasteiger partial charge < -0.3 is 10.1 Å². The van der Waals surface area contributed by atoms with Gasteiger partial charge in [-0.3, -0.25) is 4.79 Å². The molecule has 2 N–H and O–H groups in total. The minimum atomic E-state index is -3.62. The Hall–Kier alpha value is -2.38. The topological polar surface area (TPSA) is 84.5 Å². The number of amides is 1. The van der Waals surface area contributed by atoms with E-state index in [2.05, 4.69) is 30.8 Å². The van der Waals surface area contributed by atoms with Crippen LogP contribution in [0.5, 0.6) is 5.75 Å². The Labute approximate surface area is 173 Å². The summed E-state index contributed by atoms with van der Waals surface area (Å²) in [6, 6.07) is 13.7. The molecular formula is C22H30N2O4S. The number of hydrogen-bond donors (Lipinski definition) is 2. The molecule has 0 bridgehead atoms. The lowest BCUT2D eigenvalue weighted by atomic mass is 9.86. The van der Waals surface area contributed by atoms with Crippen molar-refractivity contribution in [2.75, 3.05) is 11.9 Å². The first-order chi connectivity index (χ1) is 13.3. The Bertz CT molecular complexity index is 954. The molecule has 0 aromatic heterocycles. The van der Waals surface area contributed by atoms with Crippen molar-refractivity contribution in [1.29, 1.82) is 0 Å². The van der Waals surface area contributed by atoms with E-state index in [1.54, 1.807) is 32.9 Å². The highest BCUT2D eigenvalue weighted by Gasteiger charge is 2.22. The maximum atomic E-state index is 12.3. The third-order valence-electron chi connectivity index (χ3n) is 3.94. The van der Waals surface area contributed by atoms with Gasteiger partial charge in [0.2, 0.25) is 10.0 Å². The van der Waals surface area contributed by atoms with E-state index in [4.69, 9.17) is 4.74 Å². The van der Waals surface area contributed by atoms with E-state index in [0.717, 1.165) is 5.56 Å². The molecule has 2 aromatic rings. The first kappa shape index (κ1) is 22.9. The van der Waals surface area contributed by atoms with Crippen LogP contribution in [0, 0.1) is 0 Å². The summed E-state index contributed by atoms with van der Waals surface area (Å²) in [6.45, 7) is 11.4. The summed E-state index contributed by atoms with van der Waals surface area (Å²) in [6.07, 6.45) is 0. The van der Waals surface area contributed by atoms with Crippen molar-refractivity contribution in [2.45, 2.75) is 57.4 Å². The number of ether oxygens (including phenoxy) is 1. The number of carbonyl (C=O) groups is 1. The Morgan fingerprint density at radius 1 is 0.931 bits per heavy atom. The number of carbonyl (C=O) groups excluding carboxylic acids is 1. The predicted octanol–water partition coefficient (Wildman–Crippen LogP) is 4.08. The summed E-state index contributed by atoms with van der Waals surface area (Å²) >= 11 is 0. The second-order valence-corrected chi connectivity index (χ2v) is 10.6. The van der Waals surface area contributed by atoms with Crippen LogP contribution in [-0.4, -0.2) is 26.5 Å². The van der Waals surface area contributed by atoms with Crippen molar-refractivity contribution in [2.24, 2.45) is 0 Å². The third kappa shape index (κ3) is 6.87. The summed E-state index contributed by atoms with van der Waals surface area (Å²) in [4.78, 5) is 12.4. The molecule has 0 aliphatic rings. The van der Waals surface area contributed by atoms with Crippen molar-refractivity contribution in [3.05, 3.63) is 54.1 Å². The fourth-order valence-electron chi connectivity index (χ4n) is 2.73. The van der Waals surface area contributed by atoms with Crippen LogP contribution in [0.15, 0.2) is 53.4 Å². The number of hydrogen-bond acceptors (Lipinski definition) is 4. The molecule has 6 nitrogen and oxygen atoms in total. The Kier molecular flexibility index (Phi) is 6.75. The molecule has 0 aliphatic heterocycles. The lowest BCUT2D eigenvalue weighted by molar-refractivity contribution is -0.118. The fraction of sp³-hybridized carbons (Fsp3) is 0.409. The van der Waals surface area contributed by atoms with Crippen molar-refractivity contribution in [3.63, 3.8) is 0 Å². The molecule has 0 radical (unpaired) electrons. The third-order valence-corrected chi connectivity index (χ3v) is 5.72. The van der Waals surface area contributed by atoms with Crippen LogP contribution in [0.25, 0.3) is 0 Å². The van der Waals surface area contributed by atoms with Crippen LogP contribution in [0.4, 0.5) is 5.69 Å². The van der Waals surface area contributed by atoms with Crippen molar-refractivity contribution >= 4 is 21.6 Å². The summed E-state index contributed by atoms with van der Waals surface area (Å²) in [5.74, 6) is 0.349. The summed E-state index contributed by atoms with van der Waals surface area (Å²) < 4.78 is 33.0. The van der Waals surface area contributed by atoms with Crippen LogP contribution >= 0.6 is 0 Å². The number of nitrogens with one attached hydrogen (secondary N) is 2. The highest BCUT2D eigenvalue weighted by atomic mass is 32.2. The molecule has 2 rings (SSSR count). The van der Waals surface area contributed by atoms with Gasteiger partial charge in [-0.1, -0.05) is 39.0 Å². The average Bonchev–Trinajstić information content (AvgIpc) is 2.58. The standard InChI is InChI=1S/C22H30N2O4S/c1-21(2,3)18-9-7-8-10-19(18)28-15-20(25)23-16-11-13-17(14-12-16)29(26,27)24-22(4,5)6/h7-14,24H,15H2,1-6H3,(H,23,25). The molecule has 0 saturated carbocycles. The van der Waals surface area contributed by atoms with Crippen molar-refractivity contribution < 1.29 is 17.9 Å². The van der Waals surface area contributed by atoms with Crippen molar-refractivity contribution in [1.82, 2.24) is 4.72 Å². The smallest absolute Gasteiger partial charge is 0.262 e. The molecule has 0 fully saturated rings. The monoisotopic (exact) mass is 418 g/mol. The average molecular weight is 419 g/mol. The van der Waals surface area contributed by atoms with Gasteiger partial charge in [-0.2, -0.15) is 0 Å². The fourth-order valence-corrected chi connectivity index (χ4v) is 4.15. The van der Waals surface area contributed by atoms with Gasteiger partial charge in [0.25, 0.3) is 5.91 Å². The van der Waals surface area contributed by atoms with E-state index in [0.29, 0.717) is 11.4 Å². The van der Waals surface area contributed by atoms with Gasteiger partial charge in [-0.15, -0.1) is 0 Å². The van der Waals surface area contributed by atoms with E-state index < -0.39 is 15.6 Å². The second-order valence-electron chi connectivity index (χ2n) is 8.96. The Balaban J connectivity index is 2.01. The Morgan fingerprint density at radius 3 is 2.07 bits per heavy atom. The van der Waals surface area contributed by atoms with E-state index in [9.17, 15) is 13.2 Å². The van der Waals surface area contributed by atoms with Gasteiger partial charge in [0.05, 0.1) is 4.90 Å². The predicted molar refractivity (Wildman–Crippen MR) is 116 cm³/mol. The number of sulfonamides is 1. The SMILES string of the molecule is CC(C)(C)NS(=O)(=O)c1ccc(NC(=O)COc2ccccc2C(C)(C)C)cc1. The second kappa shape index (κ2) is 8.55. The number of anilines is 1. The summed E-state index contributed by atoms with van der Waals surface area (Å²) in [5, 5.41) is 2.72. The van der Waals surface area contributed by atoms with Crippen LogP contribution in [0.3, 0.4) is 0 Å². The van der Waals surface area contributed by atoms with Crippen LogP contribution in [0.1, 0.15) is 47.1 Å². The largest absolute Gasteiger partial charge is 0.483 e. The molecule has 0 atom stereocenters. The first-order valence-electron chi connectivity index (χ1n) is 9.44. The van der Waals surface area contributed by atoms with Gasteiger partial charge in [0.1, 0.15) is 5.75 Å². The van der Waals surface area contributed by atoms with Crippen LogP contribution < -0.4 is 14.8 Å². The van der Waals surface area contributed by atoms with Gasteiger partial charge in [-0.25, -0.2) is 13.1 Å². The Morgan fingerprint density at radius 2 is 1.52 bits per heavy atom. The molecule has 0 spiro atoms.